The third kappa shape index (κ3) is 3.01. The zero-order chi connectivity index (χ0) is 14.5. The molecule has 1 heterocycles. The molecule has 0 saturated carbocycles. The topological polar surface area (TPSA) is 39.9 Å². The Morgan fingerprint density at radius 2 is 1.86 bits per heavy atom. The molecule has 2 aromatic carbocycles. The Hall–Kier alpha value is -2.46. The molecule has 0 aliphatic heterocycles. The predicted octanol–water partition coefficient (Wildman–Crippen LogP) is 3.68. The summed E-state index contributed by atoms with van der Waals surface area (Å²) in [6, 6.07) is 18.0. The normalized spacial score (nSPS) is 13.0. The summed E-state index contributed by atoms with van der Waals surface area (Å²) in [6.07, 6.45) is 3.78. The smallest absolute Gasteiger partial charge is 0.171 e. The molecule has 3 rings (SSSR count). The number of nitrogens with zero attached hydrogens (tertiary/aromatic N) is 3. The van der Waals surface area contributed by atoms with Crippen LogP contribution in [0.15, 0.2) is 60.7 Å². The van der Waals surface area contributed by atoms with Crippen LogP contribution in [-0.4, -0.2) is 21.6 Å². The number of aromatic nitrogens is 3. The van der Waals surface area contributed by atoms with Crippen LogP contribution >= 0.6 is 0 Å². The maximum absolute atomic E-state index is 5.79. The molecule has 3 aromatic rings. The summed E-state index contributed by atoms with van der Waals surface area (Å²) in [5.41, 5.74) is 2.97. The van der Waals surface area contributed by atoms with Gasteiger partial charge in [-0.1, -0.05) is 53.8 Å². The van der Waals surface area contributed by atoms with E-state index in [0.717, 1.165) is 16.6 Å². The van der Waals surface area contributed by atoms with Crippen LogP contribution in [0.1, 0.15) is 18.7 Å². The van der Waals surface area contributed by atoms with Crippen molar-refractivity contribution >= 4 is 17.1 Å². The molecule has 1 atom stereocenters. The Bertz CT molecular complexity index is 734. The molecule has 1 unspecified atom stereocenters. The van der Waals surface area contributed by atoms with Gasteiger partial charge in [-0.15, -0.1) is 5.10 Å². The van der Waals surface area contributed by atoms with Gasteiger partial charge in [0, 0.05) is 6.61 Å². The minimum Gasteiger partial charge on any atom is -0.353 e. The molecule has 4 nitrogen and oxygen atoms in total. The third-order valence-corrected chi connectivity index (χ3v) is 3.21. The highest BCUT2D eigenvalue weighted by atomic mass is 16.5. The molecule has 1 aromatic heterocycles. The molecular weight excluding hydrogens is 262 g/mol. The van der Waals surface area contributed by atoms with E-state index in [2.05, 4.69) is 22.4 Å². The maximum Gasteiger partial charge on any atom is 0.171 e. The van der Waals surface area contributed by atoms with Crippen LogP contribution in [0.3, 0.4) is 0 Å². The van der Waals surface area contributed by atoms with Crippen molar-refractivity contribution in [2.24, 2.45) is 0 Å². The number of fused-ring (bicyclic) bond motifs is 1. The van der Waals surface area contributed by atoms with Crippen LogP contribution in [0.5, 0.6) is 0 Å². The van der Waals surface area contributed by atoms with Gasteiger partial charge in [-0.25, -0.2) is 4.68 Å². The lowest BCUT2D eigenvalue weighted by Crippen LogP contribution is -2.12. The van der Waals surface area contributed by atoms with Gasteiger partial charge >= 0.3 is 0 Å². The van der Waals surface area contributed by atoms with Gasteiger partial charge in [0.15, 0.2) is 6.23 Å². The molecule has 0 saturated heterocycles. The van der Waals surface area contributed by atoms with Crippen LogP contribution in [0.25, 0.3) is 17.1 Å². The molecule has 4 heteroatoms. The van der Waals surface area contributed by atoms with Crippen molar-refractivity contribution < 1.29 is 4.74 Å². The Morgan fingerprint density at radius 3 is 2.67 bits per heavy atom. The summed E-state index contributed by atoms with van der Waals surface area (Å²) in [6.45, 7) is 2.58. The Kier molecular flexibility index (Phi) is 4.07. The Balaban J connectivity index is 1.93. The molecule has 0 aliphatic rings. The molecule has 0 bridgehead atoms. The minimum absolute atomic E-state index is 0.261. The van der Waals surface area contributed by atoms with E-state index in [9.17, 15) is 0 Å². The van der Waals surface area contributed by atoms with Gasteiger partial charge in [-0.2, -0.15) is 0 Å². The largest absolute Gasteiger partial charge is 0.353 e. The van der Waals surface area contributed by atoms with Crippen molar-refractivity contribution in [1.82, 2.24) is 15.0 Å². The molecule has 0 fully saturated rings. The summed E-state index contributed by atoms with van der Waals surface area (Å²) < 4.78 is 7.59. The monoisotopic (exact) mass is 279 g/mol. The standard InChI is InChI=1S/C17H17N3O/c1-2-21-17(13-12-14-8-4-3-5-9-14)20-16-11-7-6-10-15(16)18-19-20/h3-13,17H,2H2,1H3. The fraction of sp³-hybridized carbons (Fsp3) is 0.176. The zero-order valence-electron chi connectivity index (χ0n) is 11.9. The van der Waals surface area contributed by atoms with Crippen molar-refractivity contribution in [3.05, 3.63) is 66.2 Å². The molecule has 106 valence electrons. The second-order valence-electron chi connectivity index (χ2n) is 4.64. The zero-order valence-corrected chi connectivity index (χ0v) is 11.9. The van der Waals surface area contributed by atoms with E-state index < -0.39 is 0 Å². The van der Waals surface area contributed by atoms with E-state index in [1.807, 2.05) is 61.5 Å². The Morgan fingerprint density at radius 1 is 1.10 bits per heavy atom. The number of para-hydroxylation sites is 1. The van der Waals surface area contributed by atoms with E-state index >= 15 is 0 Å². The fourth-order valence-corrected chi connectivity index (χ4v) is 2.21. The Labute approximate surface area is 123 Å². The van der Waals surface area contributed by atoms with Gasteiger partial charge in [0.05, 0.1) is 5.52 Å². The van der Waals surface area contributed by atoms with Gasteiger partial charge in [-0.3, -0.25) is 0 Å². The van der Waals surface area contributed by atoms with Crippen LogP contribution in [0, 0.1) is 0 Å². The van der Waals surface area contributed by atoms with Gasteiger partial charge in [0.1, 0.15) is 5.52 Å². The lowest BCUT2D eigenvalue weighted by molar-refractivity contribution is 0.0404. The molecular formula is C17H17N3O. The van der Waals surface area contributed by atoms with E-state index in [1.54, 1.807) is 4.68 Å². The first-order valence-electron chi connectivity index (χ1n) is 7.03. The predicted molar refractivity (Wildman–Crippen MR) is 83.7 cm³/mol. The first-order chi connectivity index (χ1) is 10.4. The average molecular weight is 279 g/mol. The molecule has 0 aliphatic carbocycles. The summed E-state index contributed by atoms with van der Waals surface area (Å²) in [5, 5.41) is 8.39. The average Bonchev–Trinajstić information content (AvgIpc) is 2.96. The highest BCUT2D eigenvalue weighted by Gasteiger charge is 2.12. The first-order valence-corrected chi connectivity index (χ1v) is 7.03. The second kappa shape index (κ2) is 6.33. The molecule has 21 heavy (non-hydrogen) atoms. The van der Waals surface area contributed by atoms with Crippen LogP contribution in [-0.2, 0) is 4.74 Å². The molecule has 0 radical (unpaired) electrons. The van der Waals surface area contributed by atoms with Crippen LogP contribution in [0.4, 0.5) is 0 Å². The number of hydrogen-bond donors (Lipinski definition) is 0. The van der Waals surface area contributed by atoms with E-state index in [-0.39, 0.29) is 6.23 Å². The SMILES string of the molecule is CCOC(C=Cc1ccccc1)n1nnc2ccccc21. The summed E-state index contributed by atoms with van der Waals surface area (Å²) >= 11 is 0. The lowest BCUT2D eigenvalue weighted by Gasteiger charge is -2.13. The molecule has 0 spiro atoms. The van der Waals surface area contributed by atoms with E-state index in [4.69, 9.17) is 4.74 Å². The van der Waals surface area contributed by atoms with Gasteiger partial charge in [0.25, 0.3) is 0 Å². The number of benzene rings is 2. The maximum atomic E-state index is 5.79. The third-order valence-electron chi connectivity index (χ3n) is 3.21. The van der Waals surface area contributed by atoms with Gasteiger partial charge < -0.3 is 4.74 Å². The first kappa shape index (κ1) is 13.5. The fourth-order valence-electron chi connectivity index (χ4n) is 2.21. The highest BCUT2D eigenvalue weighted by molar-refractivity contribution is 5.74. The number of rotatable bonds is 5. The van der Waals surface area contributed by atoms with Crippen LogP contribution in [0.2, 0.25) is 0 Å². The van der Waals surface area contributed by atoms with Gasteiger partial charge in [0.2, 0.25) is 0 Å². The van der Waals surface area contributed by atoms with Crippen molar-refractivity contribution in [1.29, 1.82) is 0 Å². The lowest BCUT2D eigenvalue weighted by atomic mass is 10.2. The number of ether oxygens (including phenoxy) is 1. The van der Waals surface area contributed by atoms with E-state index in [0.29, 0.717) is 6.61 Å². The summed E-state index contributed by atoms with van der Waals surface area (Å²) in [5.74, 6) is 0. The second-order valence-corrected chi connectivity index (χ2v) is 4.64. The van der Waals surface area contributed by atoms with Crippen molar-refractivity contribution in [3.63, 3.8) is 0 Å². The van der Waals surface area contributed by atoms with Crippen molar-refractivity contribution in [2.45, 2.75) is 13.2 Å². The minimum atomic E-state index is -0.261. The summed E-state index contributed by atoms with van der Waals surface area (Å²) in [7, 11) is 0. The van der Waals surface area contributed by atoms with Crippen molar-refractivity contribution in [3.8, 4) is 0 Å². The van der Waals surface area contributed by atoms with Crippen molar-refractivity contribution in [2.75, 3.05) is 6.61 Å². The highest BCUT2D eigenvalue weighted by Crippen LogP contribution is 2.18. The molecule has 0 N–H and O–H groups in total. The number of hydrogen-bond acceptors (Lipinski definition) is 3. The quantitative estimate of drug-likeness (QED) is 0.715. The van der Waals surface area contributed by atoms with Crippen LogP contribution < -0.4 is 0 Å². The molecule has 0 amide bonds. The van der Waals surface area contributed by atoms with E-state index in [1.165, 1.54) is 0 Å². The van der Waals surface area contributed by atoms with Gasteiger partial charge in [-0.05, 0) is 30.7 Å². The summed E-state index contributed by atoms with van der Waals surface area (Å²) in [4.78, 5) is 0.